The third-order valence-electron chi connectivity index (χ3n) is 2.46. The minimum Gasteiger partial charge on any atom is -0.467 e. The van der Waals surface area contributed by atoms with Gasteiger partial charge in [0.15, 0.2) is 0 Å². The molecular weight excluding hydrogens is 226 g/mol. The first-order valence-corrected chi connectivity index (χ1v) is 5.27. The predicted octanol–water partition coefficient (Wildman–Crippen LogP) is -1.86. The summed E-state index contributed by atoms with van der Waals surface area (Å²) in [7, 11) is 1.26. The number of piperazine rings is 1. The summed E-state index contributed by atoms with van der Waals surface area (Å²) in [5, 5.41) is 7.90. The fraction of sp³-hybridized carbons (Fsp3) is 0.700. The Morgan fingerprint density at radius 2 is 2.12 bits per heavy atom. The van der Waals surface area contributed by atoms with Crippen LogP contribution in [0.3, 0.4) is 0 Å². The molecule has 3 N–H and O–H groups in total. The number of carbonyl (C=O) groups excluding carboxylic acids is 3. The Labute approximate surface area is 99.3 Å². The SMILES string of the molecule is COC(=O)C(C)(C)NC(=O)C1CNC(=O)CN1. The molecule has 1 atom stereocenters. The molecule has 1 fully saturated rings. The largest absolute Gasteiger partial charge is 0.467 e. The van der Waals surface area contributed by atoms with Gasteiger partial charge in [0.05, 0.1) is 13.7 Å². The van der Waals surface area contributed by atoms with Crippen molar-refractivity contribution in [3.05, 3.63) is 0 Å². The van der Waals surface area contributed by atoms with Crippen LogP contribution >= 0.6 is 0 Å². The van der Waals surface area contributed by atoms with E-state index in [0.717, 1.165) is 0 Å². The highest BCUT2D eigenvalue weighted by molar-refractivity contribution is 5.91. The number of methoxy groups -OCH3 is 1. The minimum absolute atomic E-state index is 0.0940. The highest BCUT2D eigenvalue weighted by Gasteiger charge is 2.34. The molecule has 0 bridgehead atoms. The zero-order valence-electron chi connectivity index (χ0n) is 10.1. The van der Waals surface area contributed by atoms with Crippen molar-refractivity contribution >= 4 is 17.8 Å². The summed E-state index contributed by atoms with van der Waals surface area (Å²) in [6.07, 6.45) is 0. The standard InChI is InChI=1S/C10H17N3O4/c1-10(2,9(16)17-3)13-8(15)6-4-12-7(14)5-11-6/h6,11H,4-5H2,1-3H3,(H,12,14)(H,13,15). The van der Waals surface area contributed by atoms with Crippen LogP contribution < -0.4 is 16.0 Å². The fourth-order valence-corrected chi connectivity index (χ4v) is 1.45. The summed E-state index contributed by atoms with van der Waals surface area (Å²) in [5.41, 5.74) is -1.09. The average Bonchev–Trinajstić information content (AvgIpc) is 2.28. The molecule has 7 heteroatoms. The number of hydrogen-bond acceptors (Lipinski definition) is 5. The first-order chi connectivity index (χ1) is 7.86. The normalized spacial score (nSPS) is 20.4. The van der Waals surface area contributed by atoms with Crippen LogP contribution in [0.5, 0.6) is 0 Å². The van der Waals surface area contributed by atoms with Crippen LogP contribution in [0.25, 0.3) is 0 Å². The van der Waals surface area contributed by atoms with Gasteiger partial charge in [0.1, 0.15) is 11.6 Å². The van der Waals surface area contributed by atoms with Crippen molar-refractivity contribution in [1.82, 2.24) is 16.0 Å². The summed E-state index contributed by atoms with van der Waals surface area (Å²) < 4.78 is 4.58. The van der Waals surface area contributed by atoms with Crippen molar-refractivity contribution in [2.45, 2.75) is 25.4 Å². The molecule has 2 amide bonds. The lowest BCUT2D eigenvalue weighted by molar-refractivity contribution is -0.149. The van der Waals surface area contributed by atoms with Crippen LogP contribution in [0.2, 0.25) is 0 Å². The number of ether oxygens (including phenoxy) is 1. The number of esters is 1. The monoisotopic (exact) mass is 243 g/mol. The van der Waals surface area contributed by atoms with E-state index in [1.54, 1.807) is 13.8 Å². The molecule has 1 aliphatic rings. The Hall–Kier alpha value is -1.63. The van der Waals surface area contributed by atoms with Gasteiger partial charge in [-0.2, -0.15) is 0 Å². The molecule has 0 radical (unpaired) electrons. The van der Waals surface area contributed by atoms with Gasteiger partial charge >= 0.3 is 5.97 Å². The van der Waals surface area contributed by atoms with Gasteiger partial charge in [-0.05, 0) is 13.8 Å². The van der Waals surface area contributed by atoms with E-state index in [9.17, 15) is 14.4 Å². The number of rotatable bonds is 3. The highest BCUT2D eigenvalue weighted by atomic mass is 16.5. The third-order valence-corrected chi connectivity index (χ3v) is 2.46. The van der Waals surface area contributed by atoms with Crippen LogP contribution in [0.15, 0.2) is 0 Å². The Kier molecular flexibility index (Phi) is 4.06. The quantitative estimate of drug-likeness (QED) is 0.505. The maximum atomic E-state index is 11.8. The average molecular weight is 243 g/mol. The lowest BCUT2D eigenvalue weighted by atomic mass is 10.0. The molecule has 0 spiro atoms. The van der Waals surface area contributed by atoms with E-state index in [1.807, 2.05) is 0 Å². The Morgan fingerprint density at radius 1 is 1.47 bits per heavy atom. The second-order valence-corrected chi connectivity index (χ2v) is 4.34. The number of nitrogens with one attached hydrogen (secondary N) is 3. The predicted molar refractivity (Wildman–Crippen MR) is 59.0 cm³/mol. The van der Waals surface area contributed by atoms with Gasteiger partial charge in [-0.25, -0.2) is 4.79 Å². The van der Waals surface area contributed by atoms with Crippen LogP contribution in [0.1, 0.15) is 13.8 Å². The minimum atomic E-state index is -1.09. The molecule has 1 aliphatic heterocycles. The van der Waals surface area contributed by atoms with Crippen LogP contribution in [-0.4, -0.2) is 49.6 Å². The van der Waals surface area contributed by atoms with Crippen LogP contribution in [0, 0.1) is 0 Å². The van der Waals surface area contributed by atoms with Gasteiger partial charge in [0.2, 0.25) is 11.8 Å². The molecule has 0 aromatic rings. The molecule has 0 aliphatic carbocycles. The number of hydrogen-bond donors (Lipinski definition) is 3. The molecule has 17 heavy (non-hydrogen) atoms. The summed E-state index contributed by atoms with van der Waals surface area (Å²) in [6, 6.07) is -0.531. The maximum Gasteiger partial charge on any atom is 0.330 e. The van der Waals surface area contributed by atoms with E-state index in [0.29, 0.717) is 0 Å². The van der Waals surface area contributed by atoms with E-state index in [4.69, 9.17) is 0 Å². The first-order valence-electron chi connectivity index (χ1n) is 5.27. The van der Waals surface area contributed by atoms with Crippen molar-refractivity contribution < 1.29 is 19.1 Å². The second-order valence-electron chi connectivity index (χ2n) is 4.34. The maximum absolute atomic E-state index is 11.8. The third kappa shape index (κ3) is 3.42. The lowest BCUT2D eigenvalue weighted by Crippen LogP contribution is -2.62. The summed E-state index contributed by atoms with van der Waals surface area (Å²) >= 11 is 0. The van der Waals surface area contributed by atoms with Crippen molar-refractivity contribution in [1.29, 1.82) is 0 Å². The molecule has 1 heterocycles. The Morgan fingerprint density at radius 3 is 2.59 bits per heavy atom. The number of carbonyl (C=O) groups is 3. The summed E-state index contributed by atoms with van der Waals surface area (Å²) in [6.45, 7) is 3.41. The van der Waals surface area contributed by atoms with E-state index >= 15 is 0 Å². The smallest absolute Gasteiger partial charge is 0.330 e. The van der Waals surface area contributed by atoms with Gasteiger partial charge in [-0.15, -0.1) is 0 Å². The van der Waals surface area contributed by atoms with Gasteiger partial charge in [-0.1, -0.05) is 0 Å². The van der Waals surface area contributed by atoms with Crippen molar-refractivity contribution in [2.24, 2.45) is 0 Å². The first kappa shape index (κ1) is 13.4. The van der Waals surface area contributed by atoms with Crippen LogP contribution in [0.4, 0.5) is 0 Å². The van der Waals surface area contributed by atoms with Gasteiger partial charge < -0.3 is 15.4 Å². The lowest BCUT2D eigenvalue weighted by Gasteiger charge is -2.28. The van der Waals surface area contributed by atoms with Gasteiger partial charge in [0, 0.05) is 6.54 Å². The molecule has 0 aromatic carbocycles. The molecule has 0 saturated carbocycles. The number of amides is 2. The van der Waals surface area contributed by atoms with Crippen molar-refractivity contribution in [2.75, 3.05) is 20.2 Å². The molecule has 1 unspecified atom stereocenters. The summed E-state index contributed by atoms with van der Waals surface area (Å²) in [5.74, 6) is -1.02. The van der Waals surface area contributed by atoms with E-state index in [-0.39, 0.29) is 24.9 Å². The van der Waals surface area contributed by atoms with Crippen molar-refractivity contribution in [3.63, 3.8) is 0 Å². The Bertz CT molecular complexity index is 330. The van der Waals surface area contributed by atoms with E-state index < -0.39 is 17.6 Å². The molecular formula is C10H17N3O4. The fourth-order valence-electron chi connectivity index (χ4n) is 1.45. The van der Waals surface area contributed by atoms with Gasteiger partial charge in [0.25, 0.3) is 0 Å². The molecule has 7 nitrogen and oxygen atoms in total. The van der Waals surface area contributed by atoms with E-state index in [2.05, 4.69) is 20.7 Å². The molecule has 1 saturated heterocycles. The molecule has 96 valence electrons. The second kappa shape index (κ2) is 5.13. The summed E-state index contributed by atoms with van der Waals surface area (Å²) in [4.78, 5) is 34.1. The highest BCUT2D eigenvalue weighted by Crippen LogP contribution is 2.05. The van der Waals surface area contributed by atoms with Crippen LogP contribution in [-0.2, 0) is 19.1 Å². The zero-order chi connectivity index (χ0) is 13.1. The Balaban J connectivity index is 2.54. The van der Waals surface area contributed by atoms with Gasteiger partial charge in [-0.3, -0.25) is 14.9 Å². The zero-order valence-corrected chi connectivity index (χ0v) is 10.1. The topological polar surface area (TPSA) is 96.5 Å². The molecule has 1 rings (SSSR count). The van der Waals surface area contributed by atoms with E-state index in [1.165, 1.54) is 7.11 Å². The molecule has 0 aromatic heterocycles. The van der Waals surface area contributed by atoms with Crippen molar-refractivity contribution in [3.8, 4) is 0 Å².